The number of nitrogen functional groups attached to an aromatic ring is 1. The first-order chi connectivity index (χ1) is 15.2. The first-order valence-corrected chi connectivity index (χ1v) is 9.88. The number of benzene rings is 1. The van der Waals surface area contributed by atoms with Crippen LogP contribution in [0.2, 0.25) is 0 Å². The molecular formula is C19H23N9O3. The van der Waals surface area contributed by atoms with E-state index in [-0.39, 0.29) is 17.3 Å². The number of nitrogens with one attached hydrogen (secondary N) is 1. The van der Waals surface area contributed by atoms with Crippen LogP contribution < -0.4 is 15.9 Å². The van der Waals surface area contributed by atoms with Gasteiger partial charge in [0.15, 0.2) is 5.69 Å². The zero-order valence-corrected chi connectivity index (χ0v) is 17.1. The molecular weight excluding hydrogens is 402 g/mol. The molecule has 0 unspecified atom stereocenters. The summed E-state index contributed by atoms with van der Waals surface area (Å²) in [4.78, 5) is 15.0. The van der Waals surface area contributed by atoms with Gasteiger partial charge in [-0.2, -0.15) is 9.78 Å². The van der Waals surface area contributed by atoms with Crippen LogP contribution in [-0.2, 0) is 6.54 Å². The monoisotopic (exact) mass is 425 g/mol. The van der Waals surface area contributed by atoms with Crippen molar-refractivity contribution in [3.8, 4) is 11.6 Å². The zero-order valence-electron chi connectivity index (χ0n) is 17.1. The number of nitrogens with zero attached hydrogens (tertiary/aromatic N) is 7. The lowest BCUT2D eigenvalue weighted by molar-refractivity contribution is 0.0947. The Hall–Kier alpha value is -3.80. The molecule has 162 valence electrons. The van der Waals surface area contributed by atoms with Crippen molar-refractivity contribution in [1.29, 1.82) is 0 Å². The molecule has 1 amide bonds. The molecule has 12 nitrogen and oxygen atoms in total. The summed E-state index contributed by atoms with van der Waals surface area (Å²) >= 11 is 0. The van der Waals surface area contributed by atoms with E-state index in [2.05, 4.69) is 40.7 Å². The van der Waals surface area contributed by atoms with Crippen molar-refractivity contribution in [2.24, 2.45) is 5.10 Å². The first kappa shape index (κ1) is 20.5. The van der Waals surface area contributed by atoms with Crippen molar-refractivity contribution in [3.63, 3.8) is 0 Å². The molecule has 0 aliphatic carbocycles. The number of hydrogen-bond donors (Lipinski definition) is 2. The van der Waals surface area contributed by atoms with Gasteiger partial charge >= 0.3 is 0 Å². The third-order valence-corrected chi connectivity index (χ3v) is 4.97. The Bertz CT molecular complexity index is 1070. The van der Waals surface area contributed by atoms with Crippen molar-refractivity contribution in [1.82, 2.24) is 35.6 Å². The molecule has 0 radical (unpaired) electrons. The fraction of sp³-hybridized carbons (Fsp3) is 0.368. The Labute approximate surface area is 178 Å². The van der Waals surface area contributed by atoms with Gasteiger partial charge in [0.1, 0.15) is 5.75 Å². The van der Waals surface area contributed by atoms with E-state index in [4.69, 9.17) is 10.5 Å². The summed E-state index contributed by atoms with van der Waals surface area (Å²) in [7, 11) is 1.59. The van der Waals surface area contributed by atoms with Crippen LogP contribution in [0.25, 0.3) is 5.82 Å². The van der Waals surface area contributed by atoms with Crippen LogP contribution in [0.4, 0.5) is 5.82 Å². The van der Waals surface area contributed by atoms with Crippen molar-refractivity contribution < 1.29 is 14.2 Å². The summed E-state index contributed by atoms with van der Waals surface area (Å²) in [6.07, 6.45) is 4.92. The van der Waals surface area contributed by atoms with Gasteiger partial charge < -0.3 is 10.5 Å². The van der Waals surface area contributed by atoms with Crippen LogP contribution in [0.15, 0.2) is 34.0 Å². The molecule has 3 aromatic rings. The highest BCUT2D eigenvalue weighted by Crippen LogP contribution is 2.19. The van der Waals surface area contributed by atoms with E-state index in [0.29, 0.717) is 18.0 Å². The fourth-order valence-electron chi connectivity index (χ4n) is 3.40. The summed E-state index contributed by atoms with van der Waals surface area (Å²) in [6, 6.07) is 7.30. The second-order valence-corrected chi connectivity index (χ2v) is 7.08. The average Bonchev–Trinajstić information content (AvgIpc) is 3.40. The lowest BCUT2D eigenvalue weighted by atomic mass is 10.1. The normalized spacial score (nSPS) is 14.7. The predicted molar refractivity (Wildman–Crippen MR) is 111 cm³/mol. The largest absolute Gasteiger partial charge is 0.497 e. The first-order valence-electron chi connectivity index (χ1n) is 9.88. The summed E-state index contributed by atoms with van der Waals surface area (Å²) in [5.41, 5.74) is 9.78. The summed E-state index contributed by atoms with van der Waals surface area (Å²) in [5, 5.41) is 19.5. The Balaban J connectivity index is 1.56. The second-order valence-electron chi connectivity index (χ2n) is 7.08. The van der Waals surface area contributed by atoms with Crippen LogP contribution in [-0.4, -0.2) is 62.5 Å². The predicted octanol–water partition coefficient (Wildman–Crippen LogP) is 0.991. The molecule has 1 aliphatic heterocycles. The Morgan fingerprint density at radius 1 is 1.32 bits per heavy atom. The van der Waals surface area contributed by atoms with Crippen LogP contribution in [0.5, 0.6) is 5.75 Å². The van der Waals surface area contributed by atoms with E-state index in [1.165, 1.54) is 17.3 Å². The number of anilines is 1. The van der Waals surface area contributed by atoms with Crippen molar-refractivity contribution >= 4 is 17.9 Å². The number of likely N-dealkylation sites (tertiary alicyclic amines) is 1. The molecule has 1 saturated heterocycles. The Morgan fingerprint density at radius 2 is 2.16 bits per heavy atom. The van der Waals surface area contributed by atoms with E-state index in [1.807, 2.05) is 18.2 Å². The maximum Gasteiger partial charge on any atom is 0.293 e. The number of hydrazone groups is 1. The molecule has 4 rings (SSSR count). The van der Waals surface area contributed by atoms with Gasteiger partial charge in [-0.15, -0.1) is 5.10 Å². The van der Waals surface area contributed by atoms with Crippen molar-refractivity contribution in [2.45, 2.75) is 25.8 Å². The molecule has 3 heterocycles. The van der Waals surface area contributed by atoms with Gasteiger partial charge in [-0.05, 0) is 53.9 Å². The molecule has 12 heteroatoms. The summed E-state index contributed by atoms with van der Waals surface area (Å²) in [5.74, 6) is 0.458. The van der Waals surface area contributed by atoms with Gasteiger partial charge in [0, 0.05) is 6.54 Å². The number of hydrogen-bond acceptors (Lipinski definition) is 10. The molecule has 0 bridgehead atoms. The topological polar surface area (TPSA) is 150 Å². The maximum absolute atomic E-state index is 12.8. The third kappa shape index (κ3) is 4.69. The van der Waals surface area contributed by atoms with Gasteiger partial charge in [-0.1, -0.05) is 23.8 Å². The molecule has 0 saturated carbocycles. The van der Waals surface area contributed by atoms with Crippen LogP contribution in [0.3, 0.4) is 0 Å². The number of ether oxygens (including phenoxy) is 1. The number of carbonyl (C=O) groups is 1. The van der Waals surface area contributed by atoms with Gasteiger partial charge in [0.25, 0.3) is 5.91 Å². The number of methoxy groups -OCH3 is 1. The highest BCUT2D eigenvalue weighted by atomic mass is 16.6. The molecule has 31 heavy (non-hydrogen) atoms. The number of carbonyl (C=O) groups excluding carboxylic acids is 1. The fourth-order valence-corrected chi connectivity index (χ4v) is 3.40. The molecule has 2 aromatic heterocycles. The van der Waals surface area contributed by atoms with Crippen molar-refractivity contribution in [2.75, 3.05) is 25.9 Å². The van der Waals surface area contributed by atoms with Gasteiger partial charge in [-0.25, -0.2) is 10.1 Å². The SMILES string of the molecule is COc1cccc(/C=N\NC(=O)c2nnn(-c3nonc3N)c2CN2CCCCC2)c1. The lowest BCUT2D eigenvalue weighted by Gasteiger charge is -2.26. The third-order valence-electron chi connectivity index (χ3n) is 4.97. The average molecular weight is 425 g/mol. The van der Waals surface area contributed by atoms with E-state index in [9.17, 15) is 4.79 Å². The van der Waals surface area contributed by atoms with E-state index < -0.39 is 5.91 Å². The minimum atomic E-state index is -0.493. The molecule has 0 spiro atoms. The molecule has 0 atom stereocenters. The highest BCUT2D eigenvalue weighted by molar-refractivity contribution is 5.94. The number of rotatable bonds is 7. The maximum atomic E-state index is 12.8. The standard InChI is InChI=1S/C19H23N9O3/c1-30-14-7-5-6-13(10-14)11-21-23-19(29)16-15(12-27-8-3-2-4-9-27)28(26-22-16)18-17(20)24-31-25-18/h5-7,10-11H,2-4,8-9,12H2,1H3,(H2,20,24)(H,23,29)/b21-11-. The number of piperidine rings is 1. The van der Waals surface area contributed by atoms with Crippen LogP contribution in [0, 0.1) is 0 Å². The van der Waals surface area contributed by atoms with Gasteiger partial charge in [0.05, 0.1) is 19.0 Å². The molecule has 1 fully saturated rings. The minimum Gasteiger partial charge on any atom is -0.497 e. The van der Waals surface area contributed by atoms with Crippen LogP contribution >= 0.6 is 0 Å². The zero-order chi connectivity index (χ0) is 21.6. The summed E-state index contributed by atoms with van der Waals surface area (Å²) < 4.78 is 11.3. The van der Waals surface area contributed by atoms with E-state index >= 15 is 0 Å². The number of aromatic nitrogens is 5. The molecule has 3 N–H and O–H groups in total. The van der Waals surface area contributed by atoms with Crippen molar-refractivity contribution in [3.05, 3.63) is 41.2 Å². The Morgan fingerprint density at radius 3 is 2.90 bits per heavy atom. The Kier molecular flexibility index (Phi) is 6.17. The second kappa shape index (κ2) is 9.34. The minimum absolute atomic E-state index is 0.0628. The van der Waals surface area contributed by atoms with Gasteiger partial charge in [0.2, 0.25) is 11.6 Å². The molecule has 1 aliphatic rings. The summed E-state index contributed by atoms with van der Waals surface area (Å²) in [6.45, 7) is 2.31. The van der Waals surface area contributed by atoms with E-state index in [1.54, 1.807) is 13.2 Å². The van der Waals surface area contributed by atoms with Gasteiger partial charge in [-0.3, -0.25) is 9.69 Å². The highest BCUT2D eigenvalue weighted by Gasteiger charge is 2.26. The van der Waals surface area contributed by atoms with Crippen LogP contribution in [0.1, 0.15) is 41.0 Å². The number of amides is 1. The number of nitrogens with two attached hydrogens (primary N) is 1. The smallest absolute Gasteiger partial charge is 0.293 e. The molecule has 1 aromatic carbocycles. The lowest BCUT2D eigenvalue weighted by Crippen LogP contribution is -2.31. The quantitative estimate of drug-likeness (QED) is 0.417. The van der Waals surface area contributed by atoms with E-state index in [0.717, 1.165) is 31.5 Å².